The number of aryl methyl sites for hydroxylation is 2. The topological polar surface area (TPSA) is 48.7 Å². The molecule has 0 amide bonds. The van der Waals surface area contributed by atoms with Crippen LogP contribution in [0.3, 0.4) is 0 Å². The average Bonchev–Trinajstić information content (AvgIpc) is 3.45. The molecule has 1 saturated heterocycles. The number of likely N-dealkylation sites (N-methyl/N-ethyl adjacent to an activating group) is 1. The smallest absolute Gasteiger partial charge is 0.139 e. The molecular formula is C26H37ClN6. The lowest BCUT2D eigenvalue weighted by Gasteiger charge is -2.22. The lowest BCUT2D eigenvalue weighted by Crippen LogP contribution is -2.32. The zero-order chi connectivity index (χ0) is 23.2. The minimum atomic E-state index is 0.596. The van der Waals surface area contributed by atoms with Crippen LogP contribution in [0.4, 0.5) is 5.82 Å². The third-order valence-corrected chi connectivity index (χ3v) is 7.05. The molecule has 0 saturated carbocycles. The van der Waals surface area contributed by atoms with Gasteiger partial charge < -0.3 is 15.1 Å². The van der Waals surface area contributed by atoms with E-state index in [4.69, 9.17) is 16.6 Å². The predicted molar refractivity (Wildman–Crippen MR) is 137 cm³/mol. The molecule has 33 heavy (non-hydrogen) atoms. The molecule has 1 aliphatic carbocycles. The summed E-state index contributed by atoms with van der Waals surface area (Å²) in [6.45, 7) is 5.94. The van der Waals surface area contributed by atoms with E-state index in [-0.39, 0.29) is 0 Å². The maximum absolute atomic E-state index is 6.64. The molecule has 3 aromatic heterocycles. The summed E-state index contributed by atoms with van der Waals surface area (Å²) in [4.78, 5) is 13.7. The third kappa shape index (κ3) is 5.68. The molecule has 4 heterocycles. The van der Waals surface area contributed by atoms with Gasteiger partial charge in [-0.3, -0.25) is 9.38 Å². The molecule has 1 unspecified atom stereocenters. The normalized spacial score (nSPS) is 17.8. The summed E-state index contributed by atoms with van der Waals surface area (Å²) in [5.74, 6) is 1.14. The van der Waals surface area contributed by atoms with E-state index in [0.717, 1.165) is 48.4 Å². The molecule has 0 bridgehead atoms. The maximum Gasteiger partial charge on any atom is 0.139 e. The highest BCUT2D eigenvalue weighted by molar-refractivity contribution is 6.30. The fourth-order valence-electron chi connectivity index (χ4n) is 4.73. The van der Waals surface area contributed by atoms with Gasteiger partial charge in [-0.1, -0.05) is 30.7 Å². The largest absolute Gasteiger partial charge is 0.356 e. The van der Waals surface area contributed by atoms with E-state index in [0.29, 0.717) is 12.6 Å². The lowest BCUT2D eigenvalue weighted by molar-refractivity contribution is 0.315. The SMILES string of the molecule is CCCNCc1nc2cccc(N3CCC(N(C)C)C3)n2c1Cl.c1cnc2c(c1)CCCC2. The molecule has 178 valence electrons. The van der Waals surface area contributed by atoms with Crippen LogP contribution < -0.4 is 10.2 Å². The van der Waals surface area contributed by atoms with Crippen molar-refractivity contribution in [3.8, 4) is 0 Å². The molecule has 1 fully saturated rings. The van der Waals surface area contributed by atoms with Crippen molar-refractivity contribution in [1.82, 2.24) is 24.6 Å². The van der Waals surface area contributed by atoms with Gasteiger partial charge in [0.05, 0.1) is 5.69 Å². The molecule has 0 spiro atoms. The van der Waals surface area contributed by atoms with Crippen LogP contribution >= 0.6 is 11.6 Å². The van der Waals surface area contributed by atoms with Crippen molar-refractivity contribution in [1.29, 1.82) is 0 Å². The van der Waals surface area contributed by atoms with Crippen LogP contribution in [0.1, 0.15) is 49.6 Å². The lowest BCUT2D eigenvalue weighted by atomic mass is 9.96. The minimum absolute atomic E-state index is 0.596. The Labute approximate surface area is 203 Å². The molecule has 5 rings (SSSR count). The quantitative estimate of drug-likeness (QED) is 0.536. The standard InChI is InChI=1S/C17H26ClN5.C9H11N/c1-4-9-19-11-14-17(18)23-15(20-14)6-5-7-16(23)22-10-8-13(12-22)21(2)3;1-2-6-9-8(4-1)5-3-7-10-9/h5-7,13,19H,4,8-12H2,1-3H3;3,5,7H,1-2,4,6H2. The molecule has 6 nitrogen and oxygen atoms in total. The van der Waals surface area contributed by atoms with Crippen molar-refractivity contribution in [2.45, 2.75) is 58.0 Å². The van der Waals surface area contributed by atoms with Crippen molar-refractivity contribution in [2.75, 3.05) is 38.6 Å². The number of anilines is 1. The second kappa shape index (κ2) is 11.3. The number of pyridine rings is 2. The summed E-state index contributed by atoms with van der Waals surface area (Å²) in [6.07, 6.45) is 9.28. The van der Waals surface area contributed by atoms with Crippen LogP contribution in [-0.4, -0.2) is 59.0 Å². The number of nitrogens with zero attached hydrogens (tertiary/aromatic N) is 5. The van der Waals surface area contributed by atoms with E-state index in [1.54, 1.807) is 0 Å². The van der Waals surface area contributed by atoms with Crippen molar-refractivity contribution >= 4 is 23.1 Å². The van der Waals surface area contributed by atoms with E-state index >= 15 is 0 Å². The average molecular weight is 469 g/mol. The Bertz CT molecular complexity index is 1020. The van der Waals surface area contributed by atoms with E-state index in [1.165, 1.54) is 43.4 Å². The van der Waals surface area contributed by atoms with Crippen LogP contribution in [0, 0.1) is 0 Å². The molecule has 0 aromatic carbocycles. The molecule has 3 aromatic rings. The highest BCUT2D eigenvalue weighted by atomic mass is 35.5. The van der Waals surface area contributed by atoms with Gasteiger partial charge in [-0.25, -0.2) is 4.98 Å². The number of hydrogen-bond acceptors (Lipinski definition) is 5. The van der Waals surface area contributed by atoms with Crippen LogP contribution in [0.5, 0.6) is 0 Å². The van der Waals surface area contributed by atoms with E-state index < -0.39 is 0 Å². The van der Waals surface area contributed by atoms with Gasteiger partial charge in [0, 0.05) is 37.6 Å². The first-order chi connectivity index (χ1) is 16.1. The fourth-order valence-corrected chi connectivity index (χ4v) is 5.02. The highest BCUT2D eigenvalue weighted by Crippen LogP contribution is 2.28. The monoisotopic (exact) mass is 468 g/mol. The van der Waals surface area contributed by atoms with Crippen LogP contribution in [0.2, 0.25) is 5.15 Å². The Balaban J connectivity index is 0.000000214. The van der Waals surface area contributed by atoms with Gasteiger partial charge in [-0.2, -0.15) is 0 Å². The summed E-state index contributed by atoms with van der Waals surface area (Å²) >= 11 is 6.64. The van der Waals surface area contributed by atoms with Crippen LogP contribution in [-0.2, 0) is 19.4 Å². The van der Waals surface area contributed by atoms with E-state index in [2.05, 4.69) is 63.7 Å². The van der Waals surface area contributed by atoms with Crippen LogP contribution in [0.25, 0.3) is 5.65 Å². The fraction of sp³-hybridized carbons (Fsp3) is 0.538. The first-order valence-corrected chi connectivity index (χ1v) is 12.7. The first-order valence-electron chi connectivity index (χ1n) is 12.3. The van der Waals surface area contributed by atoms with Gasteiger partial charge in [0.25, 0.3) is 0 Å². The number of rotatable bonds is 6. The zero-order valence-corrected chi connectivity index (χ0v) is 21.0. The molecular weight excluding hydrogens is 432 g/mol. The van der Waals surface area contributed by atoms with Gasteiger partial charge in [-0.15, -0.1) is 0 Å². The molecule has 1 atom stereocenters. The second-order valence-electron chi connectivity index (χ2n) is 9.27. The number of nitrogens with one attached hydrogen (secondary N) is 1. The Morgan fingerprint density at radius 2 is 2.00 bits per heavy atom. The van der Waals surface area contributed by atoms with Crippen molar-refractivity contribution < 1.29 is 0 Å². The summed E-state index contributed by atoms with van der Waals surface area (Å²) in [7, 11) is 4.30. The number of fused-ring (bicyclic) bond motifs is 2. The maximum atomic E-state index is 6.64. The van der Waals surface area contributed by atoms with Gasteiger partial charge in [0.2, 0.25) is 0 Å². The summed E-state index contributed by atoms with van der Waals surface area (Å²) in [5, 5.41) is 4.11. The molecule has 0 radical (unpaired) electrons. The zero-order valence-electron chi connectivity index (χ0n) is 20.2. The molecule has 7 heteroatoms. The summed E-state index contributed by atoms with van der Waals surface area (Å²) in [5.41, 5.74) is 4.65. The predicted octanol–water partition coefficient (Wildman–Crippen LogP) is 4.59. The number of halogens is 1. The van der Waals surface area contributed by atoms with Gasteiger partial charge in [0.15, 0.2) is 0 Å². The number of hydrogen-bond donors (Lipinski definition) is 1. The third-order valence-electron chi connectivity index (χ3n) is 6.66. The molecule has 1 N–H and O–H groups in total. The number of aromatic nitrogens is 3. The Morgan fingerprint density at radius 3 is 2.76 bits per heavy atom. The van der Waals surface area contributed by atoms with E-state index in [1.807, 2.05) is 18.3 Å². The molecule has 2 aliphatic rings. The second-order valence-corrected chi connectivity index (χ2v) is 9.63. The minimum Gasteiger partial charge on any atom is -0.356 e. The molecule has 1 aliphatic heterocycles. The van der Waals surface area contributed by atoms with Crippen molar-refractivity contribution in [3.05, 3.63) is 58.6 Å². The number of imidazole rings is 1. The summed E-state index contributed by atoms with van der Waals surface area (Å²) < 4.78 is 2.09. The van der Waals surface area contributed by atoms with Gasteiger partial charge in [-0.05, 0) is 82.9 Å². The van der Waals surface area contributed by atoms with Gasteiger partial charge in [0.1, 0.15) is 16.6 Å². The Kier molecular flexibility index (Phi) is 8.23. The van der Waals surface area contributed by atoms with Crippen molar-refractivity contribution in [3.63, 3.8) is 0 Å². The Hall–Kier alpha value is -2.15. The first kappa shape index (κ1) is 24.0. The van der Waals surface area contributed by atoms with Crippen molar-refractivity contribution in [2.24, 2.45) is 0 Å². The van der Waals surface area contributed by atoms with E-state index in [9.17, 15) is 0 Å². The highest BCUT2D eigenvalue weighted by Gasteiger charge is 2.26. The van der Waals surface area contributed by atoms with Gasteiger partial charge >= 0.3 is 0 Å². The Morgan fingerprint density at radius 1 is 1.15 bits per heavy atom. The van der Waals surface area contributed by atoms with Crippen LogP contribution in [0.15, 0.2) is 36.5 Å². The summed E-state index contributed by atoms with van der Waals surface area (Å²) in [6, 6.07) is 11.1.